The molecule has 4 aromatic rings. The Morgan fingerprint density at radius 2 is 1.73 bits per heavy atom. The van der Waals surface area contributed by atoms with E-state index in [4.69, 9.17) is 0 Å². The number of amides is 1. The molecule has 30 heavy (non-hydrogen) atoms. The van der Waals surface area contributed by atoms with Gasteiger partial charge in [0.25, 0.3) is 5.91 Å². The first kappa shape index (κ1) is 19.6. The maximum Gasteiger partial charge on any atom is 0.326 e. The highest BCUT2D eigenvalue weighted by Gasteiger charge is 2.24. The van der Waals surface area contributed by atoms with Gasteiger partial charge in [0.05, 0.1) is 22.3 Å². The number of nitrogens with zero attached hydrogens (tertiary/aromatic N) is 2. The van der Waals surface area contributed by atoms with Crippen molar-refractivity contribution in [2.75, 3.05) is 0 Å². The summed E-state index contributed by atoms with van der Waals surface area (Å²) in [6.07, 6.45) is 3.89. The Labute approximate surface area is 174 Å². The molecule has 0 spiro atoms. The van der Waals surface area contributed by atoms with E-state index in [0.717, 1.165) is 27.5 Å². The number of carbonyl (C=O) groups excluding carboxylic acids is 1. The summed E-state index contributed by atoms with van der Waals surface area (Å²) in [5.74, 6) is -1.27. The summed E-state index contributed by atoms with van der Waals surface area (Å²) in [6.45, 7) is 3.87. The third kappa shape index (κ3) is 3.64. The van der Waals surface area contributed by atoms with E-state index in [1.165, 1.54) is 0 Å². The zero-order valence-corrected chi connectivity index (χ0v) is 16.9. The molecule has 152 valence electrons. The van der Waals surface area contributed by atoms with Crippen molar-refractivity contribution in [3.05, 3.63) is 72.6 Å². The number of rotatable bonds is 6. The fourth-order valence-electron chi connectivity index (χ4n) is 3.78. The van der Waals surface area contributed by atoms with Crippen molar-refractivity contribution in [3.8, 4) is 5.69 Å². The molecule has 2 aromatic carbocycles. The molecule has 0 unspecified atom stereocenters. The number of nitrogens with one attached hydrogen (secondary N) is 1. The van der Waals surface area contributed by atoms with Crippen LogP contribution in [0.3, 0.4) is 0 Å². The molecule has 0 aliphatic rings. The van der Waals surface area contributed by atoms with Gasteiger partial charge in [-0.15, -0.1) is 0 Å². The maximum absolute atomic E-state index is 13.1. The highest BCUT2D eigenvalue weighted by atomic mass is 16.4. The summed E-state index contributed by atoms with van der Waals surface area (Å²) < 4.78 is 1.96. The van der Waals surface area contributed by atoms with Gasteiger partial charge in [-0.25, -0.2) is 4.79 Å². The molecule has 0 bridgehead atoms. The van der Waals surface area contributed by atoms with Gasteiger partial charge in [-0.1, -0.05) is 50.2 Å². The standard InChI is InChI=1S/C24H23N3O3/c1-15(2)13-20(24(29)30)26-23(28)18-14-27(21-10-6-4-7-16(18)21)22-11-12-25-19-9-5-3-8-17(19)22/h3-12,14-15,20H,13H2,1-2H3,(H,26,28)(H,29,30)/t20-/m0/s1. The largest absolute Gasteiger partial charge is 0.480 e. The Morgan fingerprint density at radius 3 is 2.47 bits per heavy atom. The van der Waals surface area contributed by atoms with E-state index in [-0.39, 0.29) is 5.92 Å². The molecule has 0 saturated heterocycles. The van der Waals surface area contributed by atoms with Gasteiger partial charge < -0.3 is 15.0 Å². The first-order valence-corrected chi connectivity index (χ1v) is 9.93. The third-order valence-electron chi connectivity index (χ3n) is 5.15. The van der Waals surface area contributed by atoms with Gasteiger partial charge in [-0.05, 0) is 30.5 Å². The molecule has 2 N–H and O–H groups in total. The van der Waals surface area contributed by atoms with Crippen LogP contribution in [-0.4, -0.2) is 32.6 Å². The number of para-hydroxylation sites is 2. The Balaban J connectivity index is 1.81. The van der Waals surface area contributed by atoms with Crippen LogP contribution in [0, 0.1) is 5.92 Å². The zero-order valence-electron chi connectivity index (χ0n) is 16.9. The quantitative estimate of drug-likeness (QED) is 0.501. The molecule has 0 aliphatic carbocycles. The van der Waals surface area contributed by atoms with Gasteiger partial charge in [-0.3, -0.25) is 9.78 Å². The van der Waals surface area contributed by atoms with E-state index in [0.29, 0.717) is 12.0 Å². The van der Waals surface area contributed by atoms with Gasteiger partial charge in [0, 0.05) is 23.2 Å². The van der Waals surface area contributed by atoms with Gasteiger partial charge >= 0.3 is 5.97 Å². The fourth-order valence-corrected chi connectivity index (χ4v) is 3.78. The highest BCUT2D eigenvalue weighted by molar-refractivity contribution is 6.08. The first-order chi connectivity index (χ1) is 14.5. The number of hydrogen-bond acceptors (Lipinski definition) is 3. The number of aliphatic carboxylic acids is 1. The van der Waals surface area contributed by atoms with Crippen molar-refractivity contribution in [2.45, 2.75) is 26.3 Å². The highest BCUT2D eigenvalue weighted by Crippen LogP contribution is 2.28. The van der Waals surface area contributed by atoms with Crippen LogP contribution in [-0.2, 0) is 4.79 Å². The van der Waals surface area contributed by atoms with Crippen LogP contribution >= 0.6 is 0 Å². The van der Waals surface area contributed by atoms with Crippen molar-refractivity contribution in [1.82, 2.24) is 14.9 Å². The zero-order chi connectivity index (χ0) is 21.3. The summed E-state index contributed by atoms with van der Waals surface area (Å²) in [5.41, 5.74) is 3.09. The van der Waals surface area contributed by atoms with Crippen LogP contribution in [0.2, 0.25) is 0 Å². The lowest BCUT2D eigenvalue weighted by Gasteiger charge is -2.16. The van der Waals surface area contributed by atoms with Crippen LogP contribution in [0.5, 0.6) is 0 Å². The van der Waals surface area contributed by atoms with Gasteiger partial charge in [0.1, 0.15) is 6.04 Å². The molecule has 1 atom stereocenters. The van der Waals surface area contributed by atoms with Crippen LogP contribution in [0.4, 0.5) is 0 Å². The minimum atomic E-state index is -1.03. The maximum atomic E-state index is 13.1. The summed E-state index contributed by atoms with van der Waals surface area (Å²) in [4.78, 5) is 29.1. The predicted octanol–water partition coefficient (Wildman–Crippen LogP) is 4.41. The molecule has 0 saturated carbocycles. The Morgan fingerprint density at radius 1 is 1.03 bits per heavy atom. The number of hydrogen-bond donors (Lipinski definition) is 2. The summed E-state index contributed by atoms with van der Waals surface area (Å²) >= 11 is 0. The lowest BCUT2D eigenvalue weighted by molar-refractivity contribution is -0.139. The van der Waals surface area contributed by atoms with Crippen LogP contribution < -0.4 is 5.32 Å². The second kappa shape index (κ2) is 7.99. The van der Waals surface area contributed by atoms with Crippen molar-refractivity contribution < 1.29 is 14.7 Å². The molecule has 6 nitrogen and oxygen atoms in total. The van der Waals surface area contributed by atoms with Crippen molar-refractivity contribution >= 4 is 33.7 Å². The molecule has 2 heterocycles. The lowest BCUT2D eigenvalue weighted by Crippen LogP contribution is -2.41. The second-order valence-electron chi connectivity index (χ2n) is 7.77. The van der Waals surface area contributed by atoms with E-state index in [9.17, 15) is 14.7 Å². The third-order valence-corrected chi connectivity index (χ3v) is 5.15. The number of aromatic nitrogens is 2. The van der Waals surface area contributed by atoms with Gasteiger partial charge in [-0.2, -0.15) is 0 Å². The number of carboxylic acid groups (broad SMARTS) is 1. The lowest BCUT2D eigenvalue weighted by atomic mass is 10.0. The molecule has 0 aliphatic heterocycles. The molecular formula is C24H23N3O3. The Hall–Kier alpha value is -3.67. The number of pyridine rings is 1. The predicted molar refractivity (Wildman–Crippen MR) is 117 cm³/mol. The van der Waals surface area contributed by atoms with Crippen molar-refractivity contribution in [1.29, 1.82) is 0 Å². The van der Waals surface area contributed by atoms with E-state index in [2.05, 4.69) is 10.3 Å². The fraction of sp³-hybridized carbons (Fsp3) is 0.208. The average Bonchev–Trinajstić information content (AvgIpc) is 3.12. The van der Waals surface area contributed by atoms with Crippen molar-refractivity contribution in [3.63, 3.8) is 0 Å². The molecule has 1 amide bonds. The molecule has 0 fully saturated rings. The minimum Gasteiger partial charge on any atom is -0.480 e. The van der Waals surface area contributed by atoms with E-state index < -0.39 is 17.9 Å². The Kier molecular flexibility index (Phi) is 5.23. The van der Waals surface area contributed by atoms with E-state index >= 15 is 0 Å². The first-order valence-electron chi connectivity index (χ1n) is 9.93. The van der Waals surface area contributed by atoms with Crippen LogP contribution in [0.15, 0.2) is 67.0 Å². The van der Waals surface area contributed by atoms with Gasteiger partial charge in [0.15, 0.2) is 0 Å². The monoisotopic (exact) mass is 401 g/mol. The van der Waals surface area contributed by atoms with Crippen molar-refractivity contribution in [2.24, 2.45) is 5.92 Å². The summed E-state index contributed by atoms with van der Waals surface area (Å²) in [7, 11) is 0. The molecule has 2 aromatic heterocycles. The molecule has 4 rings (SSSR count). The number of carboxylic acids is 1. The van der Waals surface area contributed by atoms with Crippen LogP contribution in [0.1, 0.15) is 30.6 Å². The SMILES string of the molecule is CC(C)C[C@H](NC(=O)c1cn(-c2ccnc3ccccc23)c2ccccc12)C(=O)O. The van der Waals surface area contributed by atoms with Crippen LogP contribution in [0.25, 0.3) is 27.5 Å². The summed E-state index contributed by atoms with van der Waals surface area (Å²) in [6, 6.07) is 16.4. The summed E-state index contributed by atoms with van der Waals surface area (Å²) in [5, 5.41) is 13.9. The van der Waals surface area contributed by atoms with E-state index in [1.54, 1.807) is 12.4 Å². The molecular weight excluding hydrogens is 378 g/mol. The number of carbonyl (C=O) groups is 2. The van der Waals surface area contributed by atoms with Gasteiger partial charge in [0.2, 0.25) is 0 Å². The smallest absolute Gasteiger partial charge is 0.326 e. The average molecular weight is 401 g/mol. The second-order valence-corrected chi connectivity index (χ2v) is 7.77. The molecule has 0 radical (unpaired) electrons. The number of benzene rings is 2. The Bertz CT molecular complexity index is 1240. The van der Waals surface area contributed by atoms with E-state index in [1.807, 2.05) is 73.0 Å². The minimum absolute atomic E-state index is 0.149. The molecule has 6 heteroatoms. The number of fused-ring (bicyclic) bond motifs is 2. The topological polar surface area (TPSA) is 84.2 Å². The normalized spacial score (nSPS) is 12.4.